The maximum atomic E-state index is 11.3. The fourth-order valence-electron chi connectivity index (χ4n) is 1.89. The fourth-order valence-corrected chi connectivity index (χ4v) is 4.27. The van der Waals surface area contributed by atoms with Gasteiger partial charge in [-0.2, -0.15) is 0 Å². The van der Waals surface area contributed by atoms with E-state index in [4.69, 9.17) is 4.42 Å². The van der Waals surface area contributed by atoms with Crippen molar-refractivity contribution in [3.05, 3.63) is 46.0 Å². The Hall–Kier alpha value is -1.84. The van der Waals surface area contributed by atoms with Gasteiger partial charge in [0.05, 0.1) is 12.9 Å². The molecule has 0 radical (unpaired) electrons. The maximum Gasteiger partial charge on any atom is 0.373 e. The van der Waals surface area contributed by atoms with Gasteiger partial charge in [-0.05, 0) is 30.0 Å². The lowest BCUT2D eigenvalue weighted by atomic mass is 10.3. The average molecular weight is 382 g/mol. The van der Waals surface area contributed by atoms with E-state index in [9.17, 15) is 4.79 Å². The Bertz CT molecular complexity index is 783. The second-order valence-corrected chi connectivity index (χ2v) is 7.91. The second kappa shape index (κ2) is 8.32. The van der Waals surface area contributed by atoms with Crippen LogP contribution in [-0.2, 0) is 16.9 Å². The average Bonchev–Trinajstić information content (AvgIpc) is 3.34. The Morgan fingerprint density at radius 2 is 2.29 bits per heavy atom. The van der Waals surface area contributed by atoms with Crippen LogP contribution < -0.4 is 5.32 Å². The molecule has 3 rings (SSSR count). The molecule has 0 fully saturated rings. The van der Waals surface area contributed by atoms with E-state index in [0.29, 0.717) is 11.5 Å². The molecule has 1 N–H and O–H groups in total. The van der Waals surface area contributed by atoms with Gasteiger partial charge in [0, 0.05) is 11.4 Å². The molecule has 0 saturated carbocycles. The number of nitrogens with zero attached hydrogens (tertiary/aromatic N) is 2. The van der Waals surface area contributed by atoms with Crippen molar-refractivity contribution < 1.29 is 13.9 Å². The van der Waals surface area contributed by atoms with Crippen LogP contribution in [0.5, 0.6) is 0 Å². The third kappa shape index (κ3) is 4.59. The lowest BCUT2D eigenvalue weighted by molar-refractivity contribution is 0.0563. The summed E-state index contributed by atoms with van der Waals surface area (Å²) < 4.78 is 10.9. The summed E-state index contributed by atoms with van der Waals surface area (Å²) in [5.74, 6) is 1.02. The van der Waals surface area contributed by atoms with Crippen molar-refractivity contribution in [3.8, 4) is 0 Å². The van der Waals surface area contributed by atoms with Crippen LogP contribution in [0.1, 0.15) is 21.2 Å². The first-order valence-electron chi connectivity index (χ1n) is 7.14. The molecule has 0 aliphatic rings. The molecule has 24 heavy (non-hydrogen) atoms. The van der Waals surface area contributed by atoms with Gasteiger partial charge in [0.15, 0.2) is 4.34 Å². The summed E-state index contributed by atoms with van der Waals surface area (Å²) in [6, 6.07) is 7.56. The zero-order valence-corrected chi connectivity index (χ0v) is 15.3. The summed E-state index contributed by atoms with van der Waals surface area (Å²) in [5, 5.41) is 14.4. The Labute approximate surface area is 151 Å². The molecule has 9 heteroatoms. The molecular weight excluding hydrogens is 366 g/mol. The number of nitrogens with one attached hydrogen (secondary N) is 1. The smallest absolute Gasteiger partial charge is 0.373 e. The predicted octanol–water partition coefficient (Wildman–Crippen LogP) is 3.93. The number of carbonyl (C=O) groups excluding carboxylic acids is 1. The molecule has 0 spiro atoms. The van der Waals surface area contributed by atoms with Crippen molar-refractivity contribution in [1.29, 1.82) is 0 Å². The van der Waals surface area contributed by atoms with E-state index in [1.165, 1.54) is 35.1 Å². The molecule has 3 aromatic heterocycles. The number of ether oxygens (including phenoxy) is 1. The molecular formula is C15H15N3O3S3. The SMILES string of the molecule is COC(=O)c1ccc(CSc2nnc(NCCc3cccs3)s2)o1. The lowest BCUT2D eigenvalue weighted by Crippen LogP contribution is -2.03. The van der Waals surface area contributed by atoms with Crippen molar-refractivity contribution >= 4 is 45.5 Å². The molecule has 0 amide bonds. The Kier molecular flexibility index (Phi) is 5.89. The number of hydrogen-bond acceptors (Lipinski definition) is 9. The fraction of sp³-hybridized carbons (Fsp3) is 0.267. The molecule has 0 bridgehead atoms. The zero-order chi connectivity index (χ0) is 16.8. The summed E-state index contributed by atoms with van der Waals surface area (Å²) in [7, 11) is 1.33. The van der Waals surface area contributed by atoms with Crippen molar-refractivity contribution in [2.45, 2.75) is 16.5 Å². The van der Waals surface area contributed by atoms with Crippen LogP contribution in [0.2, 0.25) is 0 Å². The molecule has 6 nitrogen and oxygen atoms in total. The molecule has 126 valence electrons. The van der Waals surface area contributed by atoms with Crippen LogP contribution in [0.3, 0.4) is 0 Å². The van der Waals surface area contributed by atoms with Crippen LogP contribution in [-0.4, -0.2) is 29.8 Å². The highest BCUT2D eigenvalue weighted by molar-refractivity contribution is 8.00. The summed E-state index contributed by atoms with van der Waals surface area (Å²) in [6.45, 7) is 0.834. The number of thiophene rings is 1. The van der Waals surface area contributed by atoms with E-state index in [0.717, 1.165) is 22.4 Å². The number of furan rings is 1. The highest BCUT2D eigenvalue weighted by Gasteiger charge is 2.12. The van der Waals surface area contributed by atoms with Crippen molar-refractivity contribution in [1.82, 2.24) is 10.2 Å². The van der Waals surface area contributed by atoms with E-state index in [1.54, 1.807) is 23.5 Å². The Morgan fingerprint density at radius 1 is 1.38 bits per heavy atom. The topological polar surface area (TPSA) is 77.2 Å². The number of methoxy groups -OCH3 is 1. The van der Waals surface area contributed by atoms with Crippen molar-refractivity contribution in [2.75, 3.05) is 19.0 Å². The number of carbonyl (C=O) groups is 1. The lowest BCUT2D eigenvalue weighted by Gasteiger charge is -1.99. The molecule has 3 aromatic rings. The number of thioether (sulfide) groups is 1. The first kappa shape index (κ1) is 17.0. The predicted molar refractivity (Wildman–Crippen MR) is 96.0 cm³/mol. The summed E-state index contributed by atoms with van der Waals surface area (Å²) in [6.07, 6.45) is 0.975. The van der Waals surface area contributed by atoms with Gasteiger partial charge in [-0.3, -0.25) is 0 Å². The number of rotatable bonds is 8. The molecule has 0 aliphatic carbocycles. The number of esters is 1. The number of aromatic nitrogens is 2. The molecule has 0 aromatic carbocycles. The molecule has 0 unspecified atom stereocenters. The molecule has 0 saturated heterocycles. The summed E-state index contributed by atoms with van der Waals surface area (Å²) in [4.78, 5) is 12.7. The summed E-state index contributed by atoms with van der Waals surface area (Å²) in [5.41, 5.74) is 0. The van der Waals surface area contributed by atoms with Gasteiger partial charge < -0.3 is 14.5 Å². The standard InChI is InChI=1S/C15H15N3O3S3/c1-20-13(19)12-5-4-10(21-12)9-23-15-18-17-14(24-15)16-7-6-11-3-2-8-22-11/h2-5,8H,6-7,9H2,1H3,(H,16,17). The van der Waals surface area contributed by atoms with Crippen LogP contribution in [0.25, 0.3) is 0 Å². The first-order chi connectivity index (χ1) is 11.7. The van der Waals surface area contributed by atoms with E-state index in [1.807, 2.05) is 0 Å². The van der Waals surface area contributed by atoms with Gasteiger partial charge >= 0.3 is 5.97 Å². The van der Waals surface area contributed by atoms with Crippen LogP contribution in [0, 0.1) is 0 Å². The van der Waals surface area contributed by atoms with Crippen LogP contribution >= 0.6 is 34.4 Å². The normalized spacial score (nSPS) is 10.7. The van der Waals surface area contributed by atoms with Crippen molar-refractivity contribution in [2.24, 2.45) is 0 Å². The first-order valence-corrected chi connectivity index (χ1v) is 9.82. The van der Waals surface area contributed by atoms with Gasteiger partial charge in [0.1, 0.15) is 5.76 Å². The van der Waals surface area contributed by atoms with Gasteiger partial charge in [-0.15, -0.1) is 21.5 Å². The molecule has 3 heterocycles. The minimum absolute atomic E-state index is 0.210. The van der Waals surface area contributed by atoms with Gasteiger partial charge in [-0.25, -0.2) is 4.79 Å². The Balaban J connectivity index is 1.45. The quantitative estimate of drug-likeness (QED) is 0.468. The van der Waals surface area contributed by atoms with E-state index < -0.39 is 5.97 Å². The Morgan fingerprint density at radius 3 is 3.08 bits per heavy atom. The minimum atomic E-state index is -0.473. The highest BCUT2D eigenvalue weighted by atomic mass is 32.2. The van der Waals surface area contributed by atoms with E-state index in [2.05, 4.69) is 37.8 Å². The number of hydrogen-bond donors (Lipinski definition) is 1. The third-order valence-corrected chi connectivity index (χ3v) is 5.99. The second-order valence-electron chi connectivity index (χ2n) is 4.68. The number of anilines is 1. The minimum Gasteiger partial charge on any atom is -0.463 e. The van der Waals surface area contributed by atoms with E-state index in [-0.39, 0.29) is 5.76 Å². The van der Waals surface area contributed by atoms with Gasteiger partial charge in [0.25, 0.3) is 0 Å². The van der Waals surface area contributed by atoms with Crippen LogP contribution in [0.15, 0.2) is 38.4 Å². The van der Waals surface area contributed by atoms with Gasteiger partial charge in [0.2, 0.25) is 10.9 Å². The largest absolute Gasteiger partial charge is 0.463 e. The molecule has 0 atom stereocenters. The summed E-state index contributed by atoms with van der Waals surface area (Å²) >= 11 is 4.78. The highest BCUT2D eigenvalue weighted by Crippen LogP contribution is 2.29. The third-order valence-electron chi connectivity index (χ3n) is 3.02. The van der Waals surface area contributed by atoms with Crippen molar-refractivity contribution in [3.63, 3.8) is 0 Å². The van der Waals surface area contributed by atoms with Gasteiger partial charge in [-0.1, -0.05) is 29.2 Å². The van der Waals surface area contributed by atoms with Crippen LogP contribution in [0.4, 0.5) is 5.13 Å². The van der Waals surface area contributed by atoms with E-state index >= 15 is 0 Å². The monoisotopic (exact) mass is 381 g/mol. The zero-order valence-electron chi connectivity index (χ0n) is 12.9. The maximum absolute atomic E-state index is 11.3. The molecule has 0 aliphatic heterocycles.